The van der Waals surface area contributed by atoms with Crippen LogP contribution in [0.1, 0.15) is 48.3 Å². The number of piperidine rings is 1. The molecular weight excluding hydrogens is 348 g/mol. The largest absolute Gasteiger partial charge is 0.352 e. The first-order chi connectivity index (χ1) is 13.3. The van der Waals surface area contributed by atoms with Crippen LogP contribution >= 0.6 is 0 Å². The van der Waals surface area contributed by atoms with Crippen LogP contribution in [0.5, 0.6) is 0 Å². The van der Waals surface area contributed by atoms with Crippen molar-refractivity contribution in [3.05, 3.63) is 52.3 Å². The van der Waals surface area contributed by atoms with E-state index in [-0.39, 0.29) is 5.91 Å². The van der Waals surface area contributed by atoms with Gasteiger partial charge in [0.2, 0.25) is 5.91 Å². The number of amides is 1. The Labute approximate surface area is 169 Å². The molecule has 2 heterocycles. The predicted octanol–water partition coefficient (Wildman–Crippen LogP) is 3.37. The van der Waals surface area contributed by atoms with E-state index in [1.807, 2.05) is 25.6 Å². The molecule has 5 nitrogen and oxygen atoms in total. The first-order valence-corrected chi connectivity index (χ1v) is 10.4. The van der Waals surface area contributed by atoms with E-state index < -0.39 is 0 Å². The SMILES string of the molecule is Cc1nn(C)c(C)c1CC(=O)NCc1ccc(CN2C[C@@H](C)C[C@H](C)C2)cc1. The van der Waals surface area contributed by atoms with Crippen LogP contribution in [0.3, 0.4) is 0 Å². The molecule has 0 saturated carbocycles. The van der Waals surface area contributed by atoms with Crippen LogP contribution in [0.2, 0.25) is 0 Å². The molecule has 1 amide bonds. The minimum absolute atomic E-state index is 0.0413. The molecule has 152 valence electrons. The number of likely N-dealkylation sites (tertiary alicyclic amines) is 1. The molecular formula is C23H34N4O. The Kier molecular flexibility index (Phi) is 6.55. The lowest BCUT2D eigenvalue weighted by Crippen LogP contribution is -2.38. The maximum atomic E-state index is 12.3. The third-order valence-electron chi connectivity index (χ3n) is 5.86. The van der Waals surface area contributed by atoms with E-state index in [4.69, 9.17) is 0 Å². The molecule has 1 aromatic carbocycles. The van der Waals surface area contributed by atoms with Crippen molar-refractivity contribution in [3.8, 4) is 0 Å². The molecule has 28 heavy (non-hydrogen) atoms. The molecule has 1 aromatic heterocycles. The molecule has 2 aromatic rings. The van der Waals surface area contributed by atoms with Gasteiger partial charge in [-0.2, -0.15) is 5.10 Å². The van der Waals surface area contributed by atoms with Gasteiger partial charge in [0, 0.05) is 44.5 Å². The van der Waals surface area contributed by atoms with Crippen LogP contribution in [0.4, 0.5) is 0 Å². The Hall–Kier alpha value is -2.14. The molecule has 1 fully saturated rings. The number of benzene rings is 1. The van der Waals surface area contributed by atoms with Gasteiger partial charge >= 0.3 is 0 Å². The van der Waals surface area contributed by atoms with Crippen LogP contribution in [0, 0.1) is 25.7 Å². The monoisotopic (exact) mass is 382 g/mol. The summed E-state index contributed by atoms with van der Waals surface area (Å²) in [5.74, 6) is 1.61. The summed E-state index contributed by atoms with van der Waals surface area (Å²) in [5, 5.41) is 7.42. The number of aromatic nitrogens is 2. The Morgan fingerprint density at radius 3 is 2.29 bits per heavy atom. The van der Waals surface area contributed by atoms with Gasteiger partial charge in [-0.05, 0) is 43.2 Å². The zero-order chi connectivity index (χ0) is 20.3. The van der Waals surface area contributed by atoms with E-state index in [2.05, 4.69) is 53.4 Å². The standard InChI is InChI=1S/C23H34N4O/c1-16-10-17(2)14-27(13-16)15-21-8-6-20(7-9-21)12-24-23(28)11-22-18(3)25-26(5)19(22)4/h6-9,16-17H,10-15H2,1-5H3,(H,24,28)/t16-,17-/m0/s1. The number of carbonyl (C=O) groups excluding carboxylic acids is 1. The fourth-order valence-corrected chi connectivity index (χ4v) is 4.44. The van der Waals surface area contributed by atoms with Gasteiger partial charge in [0.25, 0.3) is 0 Å². The number of nitrogens with zero attached hydrogens (tertiary/aromatic N) is 3. The first-order valence-electron chi connectivity index (χ1n) is 10.4. The fourth-order valence-electron chi connectivity index (χ4n) is 4.44. The third-order valence-corrected chi connectivity index (χ3v) is 5.86. The Morgan fingerprint density at radius 1 is 1.11 bits per heavy atom. The van der Waals surface area contributed by atoms with Gasteiger partial charge in [0.05, 0.1) is 12.1 Å². The molecule has 1 saturated heterocycles. The second-order valence-corrected chi connectivity index (χ2v) is 8.68. The van der Waals surface area contributed by atoms with Crippen LogP contribution in [0.25, 0.3) is 0 Å². The third kappa shape index (κ3) is 5.22. The highest BCUT2D eigenvalue weighted by atomic mass is 16.1. The Morgan fingerprint density at radius 2 is 1.71 bits per heavy atom. The van der Waals surface area contributed by atoms with Crippen molar-refractivity contribution in [1.29, 1.82) is 0 Å². The van der Waals surface area contributed by atoms with Gasteiger partial charge in [-0.3, -0.25) is 14.4 Å². The van der Waals surface area contributed by atoms with Crippen molar-refractivity contribution < 1.29 is 4.79 Å². The van der Waals surface area contributed by atoms with Gasteiger partial charge in [-0.25, -0.2) is 0 Å². The molecule has 0 aliphatic carbocycles. The molecule has 1 N–H and O–H groups in total. The van der Waals surface area contributed by atoms with Crippen LogP contribution < -0.4 is 5.32 Å². The highest BCUT2D eigenvalue weighted by Crippen LogP contribution is 2.22. The Bertz CT molecular complexity index is 799. The normalized spacial score (nSPS) is 20.3. The second-order valence-electron chi connectivity index (χ2n) is 8.68. The van der Waals surface area contributed by atoms with Crippen molar-refractivity contribution in [3.63, 3.8) is 0 Å². The molecule has 5 heteroatoms. The molecule has 0 unspecified atom stereocenters. The summed E-state index contributed by atoms with van der Waals surface area (Å²) in [6.07, 6.45) is 1.72. The number of rotatable bonds is 6. The quantitative estimate of drug-likeness (QED) is 0.833. The zero-order valence-corrected chi connectivity index (χ0v) is 18.0. The highest BCUT2D eigenvalue weighted by Gasteiger charge is 2.21. The number of nitrogens with one attached hydrogen (secondary N) is 1. The molecule has 0 radical (unpaired) electrons. The number of hydrogen-bond donors (Lipinski definition) is 1. The van der Waals surface area contributed by atoms with E-state index in [9.17, 15) is 4.79 Å². The van der Waals surface area contributed by atoms with E-state index in [1.54, 1.807) is 0 Å². The van der Waals surface area contributed by atoms with Gasteiger partial charge in [-0.15, -0.1) is 0 Å². The summed E-state index contributed by atoms with van der Waals surface area (Å²) >= 11 is 0. The van der Waals surface area contributed by atoms with Gasteiger partial charge in [-0.1, -0.05) is 38.1 Å². The average Bonchev–Trinajstić information content (AvgIpc) is 2.86. The van der Waals surface area contributed by atoms with E-state index in [1.165, 1.54) is 25.1 Å². The summed E-state index contributed by atoms with van der Waals surface area (Å²) in [6.45, 7) is 12.6. The van der Waals surface area contributed by atoms with Gasteiger partial charge < -0.3 is 5.32 Å². The van der Waals surface area contributed by atoms with Crippen molar-refractivity contribution in [2.24, 2.45) is 18.9 Å². The molecule has 1 aliphatic heterocycles. The second kappa shape index (κ2) is 8.91. The zero-order valence-electron chi connectivity index (χ0n) is 18.0. The lowest BCUT2D eigenvalue weighted by molar-refractivity contribution is -0.120. The molecule has 2 atom stereocenters. The maximum Gasteiger partial charge on any atom is 0.224 e. The average molecular weight is 383 g/mol. The lowest BCUT2D eigenvalue weighted by atomic mass is 9.91. The van der Waals surface area contributed by atoms with E-state index in [0.717, 1.165) is 40.9 Å². The summed E-state index contributed by atoms with van der Waals surface area (Å²) < 4.78 is 1.83. The van der Waals surface area contributed by atoms with Gasteiger partial charge in [0.15, 0.2) is 0 Å². The van der Waals surface area contributed by atoms with Gasteiger partial charge in [0.1, 0.15) is 0 Å². The minimum atomic E-state index is 0.0413. The van der Waals surface area contributed by atoms with Crippen LogP contribution in [0.15, 0.2) is 24.3 Å². The smallest absolute Gasteiger partial charge is 0.224 e. The van der Waals surface area contributed by atoms with Crippen molar-refractivity contribution in [1.82, 2.24) is 20.0 Å². The summed E-state index contributed by atoms with van der Waals surface area (Å²) in [4.78, 5) is 14.9. The van der Waals surface area contributed by atoms with Crippen molar-refractivity contribution in [2.45, 2.75) is 53.6 Å². The maximum absolute atomic E-state index is 12.3. The molecule has 3 rings (SSSR count). The van der Waals surface area contributed by atoms with Crippen LogP contribution in [-0.4, -0.2) is 33.7 Å². The Balaban J connectivity index is 1.49. The minimum Gasteiger partial charge on any atom is -0.352 e. The topological polar surface area (TPSA) is 50.2 Å². The number of aryl methyl sites for hydroxylation is 2. The number of carbonyl (C=O) groups is 1. The molecule has 0 spiro atoms. The van der Waals surface area contributed by atoms with Crippen LogP contribution in [-0.2, 0) is 31.4 Å². The predicted molar refractivity (Wildman–Crippen MR) is 113 cm³/mol. The van der Waals surface area contributed by atoms with E-state index in [0.29, 0.717) is 13.0 Å². The summed E-state index contributed by atoms with van der Waals surface area (Å²) in [6, 6.07) is 8.65. The first kappa shape index (κ1) is 20.6. The summed E-state index contributed by atoms with van der Waals surface area (Å²) in [5.41, 5.74) is 5.50. The fraction of sp³-hybridized carbons (Fsp3) is 0.565. The number of hydrogen-bond acceptors (Lipinski definition) is 3. The van der Waals surface area contributed by atoms with Crippen molar-refractivity contribution >= 4 is 5.91 Å². The van der Waals surface area contributed by atoms with E-state index >= 15 is 0 Å². The molecule has 1 aliphatic rings. The van der Waals surface area contributed by atoms with Crippen molar-refractivity contribution in [2.75, 3.05) is 13.1 Å². The lowest BCUT2D eigenvalue weighted by Gasteiger charge is -2.35. The highest BCUT2D eigenvalue weighted by molar-refractivity contribution is 5.79. The summed E-state index contributed by atoms with van der Waals surface area (Å²) in [7, 11) is 1.91. The molecule has 0 bridgehead atoms.